The minimum atomic E-state index is -0.756. The summed E-state index contributed by atoms with van der Waals surface area (Å²) >= 11 is 3.28. The third-order valence-corrected chi connectivity index (χ3v) is 5.40. The van der Waals surface area contributed by atoms with Gasteiger partial charge in [-0.05, 0) is 48.6 Å². The van der Waals surface area contributed by atoms with E-state index in [2.05, 4.69) is 34.1 Å². The maximum Gasteiger partial charge on any atom is 0.312 e. The van der Waals surface area contributed by atoms with Crippen molar-refractivity contribution in [1.82, 2.24) is 4.98 Å². The Bertz CT molecular complexity index is 607. The number of nitrogens with one attached hydrogen (secondary N) is 1. The largest absolute Gasteiger partial charge is 0.481 e. The fraction of sp³-hybridized carbons (Fsp3) is 0.429. The van der Waals surface area contributed by atoms with Crippen molar-refractivity contribution in [3.63, 3.8) is 0 Å². The number of thiophene rings is 1. The Morgan fingerprint density at radius 3 is 3.15 bits per heavy atom. The molecule has 2 heterocycles. The number of carbonyl (C=O) groups is 1. The highest BCUT2D eigenvalue weighted by Crippen LogP contribution is 2.37. The van der Waals surface area contributed by atoms with Crippen LogP contribution in [0.4, 0.5) is 5.13 Å². The molecule has 6 heteroatoms. The van der Waals surface area contributed by atoms with E-state index in [0.29, 0.717) is 6.42 Å². The van der Waals surface area contributed by atoms with Crippen LogP contribution < -0.4 is 5.32 Å². The van der Waals surface area contributed by atoms with E-state index in [1.807, 2.05) is 0 Å². The number of hydrogen-bond donors (Lipinski definition) is 2. The molecule has 0 fully saturated rings. The summed E-state index contributed by atoms with van der Waals surface area (Å²) in [5.74, 6) is -1.18. The Hall–Kier alpha value is -1.40. The van der Waals surface area contributed by atoms with Gasteiger partial charge in [-0.3, -0.25) is 4.79 Å². The first-order valence-corrected chi connectivity index (χ1v) is 8.42. The first-order chi connectivity index (χ1) is 9.65. The number of rotatable bonds is 4. The average molecular weight is 308 g/mol. The van der Waals surface area contributed by atoms with Crippen LogP contribution >= 0.6 is 22.7 Å². The van der Waals surface area contributed by atoms with Crippen LogP contribution in [0.25, 0.3) is 0 Å². The number of thiazole rings is 1. The van der Waals surface area contributed by atoms with Gasteiger partial charge in [-0.1, -0.05) is 0 Å². The number of nitrogens with zero attached hydrogens (tertiary/aromatic N) is 1. The second kappa shape index (κ2) is 5.54. The summed E-state index contributed by atoms with van der Waals surface area (Å²) in [6, 6.07) is 2.28. The molecule has 2 aromatic heterocycles. The van der Waals surface area contributed by atoms with Gasteiger partial charge in [0, 0.05) is 4.88 Å². The molecular weight excluding hydrogens is 292 g/mol. The Kier molecular flexibility index (Phi) is 3.76. The van der Waals surface area contributed by atoms with Crippen molar-refractivity contribution < 1.29 is 9.90 Å². The minimum absolute atomic E-state index is 0.192. The molecule has 0 amide bonds. The summed E-state index contributed by atoms with van der Waals surface area (Å²) in [5, 5.41) is 17.7. The van der Waals surface area contributed by atoms with E-state index in [1.165, 1.54) is 5.56 Å². The van der Waals surface area contributed by atoms with E-state index >= 15 is 0 Å². The van der Waals surface area contributed by atoms with Crippen LogP contribution in [0.1, 0.15) is 47.9 Å². The molecule has 2 aromatic rings. The van der Waals surface area contributed by atoms with Gasteiger partial charge in [-0.15, -0.1) is 11.3 Å². The molecule has 1 aliphatic carbocycles. The Labute approximate surface area is 125 Å². The molecule has 106 valence electrons. The zero-order chi connectivity index (χ0) is 14.1. The molecule has 2 atom stereocenters. The predicted octanol–water partition coefficient (Wildman–Crippen LogP) is 3.88. The molecule has 0 saturated heterocycles. The summed E-state index contributed by atoms with van der Waals surface area (Å²) in [4.78, 5) is 16.9. The van der Waals surface area contributed by atoms with E-state index < -0.39 is 11.9 Å². The van der Waals surface area contributed by atoms with Crippen LogP contribution in [-0.2, 0) is 11.2 Å². The van der Waals surface area contributed by atoms with E-state index in [4.69, 9.17) is 0 Å². The molecule has 0 aliphatic heterocycles. The van der Waals surface area contributed by atoms with Gasteiger partial charge in [0.05, 0.1) is 11.7 Å². The number of hydrogen-bond acceptors (Lipinski definition) is 5. The average Bonchev–Trinajstić information content (AvgIpc) is 3.06. The van der Waals surface area contributed by atoms with Gasteiger partial charge in [0.15, 0.2) is 5.13 Å². The maximum atomic E-state index is 11.3. The third kappa shape index (κ3) is 2.58. The van der Waals surface area contributed by atoms with Crippen molar-refractivity contribution in [2.75, 3.05) is 5.32 Å². The number of carboxylic acids is 1. The zero-order valence-corrected chi connectivity index (χ0v) is 12.8. The zero-order valence-electron chi connectivity index (χ0n) is 11.1. The molecule has 4 nitrogen and oxygen atoms in total. The molecule has 2 N–H and O–H groups in total. The fourth-order valence-corrected chi connectivity index (χ4v) is 4.42. The second-order valence-corrected chi connectivity index (χ2v) is 6.90. The van der Waals surface area contributed by atoms with Crippen LogP contribution in [0.2, 0.25) is 0 Å². The van der Waals surface area contributed by atoms with Crippen LogP contribution in [0, 0.1) is 0 Å². The first kappa shape index (κ1) is 13.6. The van der Waals surface area contributed by atoms with Gasteiger partial charge < -0.3 is 10.4 Å². The standard InChI is InChI=1S/C14H16N2O2S2/c1-8(9-5-6-19-7-9)15-14-16-12-10(13(17)18)3-2-4-11(12)20-14/h5-8,10H,2-4H2,1H3,(H,15,16)(H,17,18). The van der Waals surface area contributed by atoms with Crippen molar-refractivity contribution in [3.8, 4) is 0 Å². The number of aliphatic carboxylic acids is 1. The predicted molar refractivity (Wildman–Crippen MR) is 81.8 cm³/mol. The van der Waals surface area contributed by atoms with E-state index in [0.717, 1.165) is 28.5 Å². The van der Waals surface area contributed by atoms with Gasteiger partial charge in [0.25, 0.3) is 0 Å². The summed E-state index contributed by atoms with van der Waals surface area (Å²) in [5.41, 5.74) is 2.01. The van der Waals surface area contributed by atoms with Gasteiger partial charge in [0.2, 0.25) is 0 Å². The molecule has 3 rings (SSSR count). The highest BCUT2D eigenvalue weighted by atomic mass is 32.1. The normalized spacial score (nSPS) is 19.4. The smallest absolute Gasteiger partial charge is 0.312 e. The van der Waals surface area contributed by atoms with E-state index in [1.54, 1.807) is 22.7 Å². The Morgan fingerprint density at radius 1 is 1.60 bits per heavy atom. The van der Waals surface area contributed by atoms with Crippen LogP contribution in [0.5, 0.6) is 0 Å². The summed E-state index contributed by atoms with van der Waals surface area (Å²) in [7, 11) is 0. The lowest BCUT2D eigenvalue weighted by Gasteiger charge is -2.16. The monoisotopic (exact) mass is 308 g/mol. The SMILES string of the molecule is CC(Nc1nc2c(s1)CCCC2C(=O)O)c1ccsc1. The number of aromatic nitrogens is 1. The van der Waals surface area contributed by atoms with Crippen molar-refractivity contribution in [2.45, 2.75) is 38.1 Å². The fourth-order valence-electron chi connectivity index (χ4n) is 2.51. The van der Waals surface area contributed by atoms with Crippen molar-refractivity contribution in [3.05, 3.63) is 33.0 Å². The number of aryl methyl sites for hydroxylation is 1. The first-order valence-electron chi connectivity index (χ1n) is 6.66. The molecule has 1 aliphatic rings. The summed E-state index contributed by atoms with van der Waals surface area (Å²) < 4.78 is 0. The van der Waals surface area contributed by atoms with Crippen molar-refractivity contribution in [2.24, 2.45) is 0 Å². The lowest BCUT2D eigenvalue weighted by atomic mass is 9.91. The molecule has 2 unspecified atom stereocenters. The van der Waals surface area contributed by atoms with Gasteiger partial charge in [-0.25, -0.2) is 4.98 Å². The minimum Gasteiger partial charge on any atom is -0.481 e. The molecule has 0 radical (unpaired) electrons. The highest BCUT2D eigenvalue weighted by molar-refractivity contribution is 7.15. The Morgan fingerprint density at radius 2 is 2.45 bits per heavy atom. The highest BCUT2D eigenvalue weighted by Gasteiger charge is 2.30. The second-order valence-electron chi connectivity index (χ2n) is 5.03. The quantitative estimate of drug-likeness (QED) is 0.899. The molecule has 0 saturated carbocycles. The van der Waals surface area contributed by atoms with Crippen LogP contribution in [-0.4, -0.2) is 16.1 Å². The third-order valence-electron chi connectivity index (χ3n) is 3.64. The van der Waals surface area contributed by atoms with E-state index in [9.17, 15) is 9.90 Å². The van der Waals surface area contributed by atoms with Crippen molar-refractivity contribution >= 4 is 33.8 Å². The number of carboxylic acid groups (broad SMARTS) is 1. The lowest BCUT2D eigenvalue weighted by molar-refractivity contribution is -0.139. The molecule has 0 bridgehead atoms. The Balaban J connectivity index is 1.81. The summed E-state index contributed by atoms with van der Waals surface area (Å²) in [6.45, 7) is 2.09. The van der Waals surface area contributed by atoms with Crippen LogP contribution in [0.3, 0.4) is 0 Å². The molecule has 0 spiro atoms. The van der Waals surface area contributed by atoms with Crippen LogP contribution in [0.15, 0.2) is 16.8 Å². The van der Waals surface area contributed by atoms with Crippen molar-refractivity contribution in [1.29, 1.82) is 0 Å². The number of anilines is 1. The molecule has 20 heavy (non-hydrogen) atoms. The maximum absolute atomic E-state index is 11.3. The lowest BCUT2D eigenvalue weighted by Crippen LogP contribution is -2.17. The van der Waals surface area contributed by atoms with Gasteiger partial charge >= 0.3 is 5.97 Å². The number of fused-ring (bicyclic) bond motifs is 1. The van der Waals surface area contributed by atoms with Gasteiger partial charge in [0.1, 0.15) is 5.92 Å². The molecule has 0 aromatic carbocycles. The van der Waals surface area contributed by atoms with Gasteiger partial charge in [-0.2, -0.15) is 11.3 Å². The molecular formula is C14H16N2O2S2. The topological polar surface area (TPSA) is 62.2 Å². The van der Waals surface area contributed by atoms with E-state index in [-0.39, 0.29) is 6.04 Å². The summed E-state index contributed by atoms with van der Waals surface area (Å²) in [6.07, 6.45) is 2.59.